The highest BCUT2D eigenvalue weighted by molar-refractivity contribution is 9.10. The number of rotatable bonds is 4. The topological polar surface area (TPSA) is 12.0 Å². The summed E-state index contributed by atoms with van der Waals surface area (Å²) in [7, 11) is 0. The Labute approximate surface area is 128 Å². The Balaban J connectivity index is 2.08. The van der Waals surface area contributed by atoms with E-state index in [1.54, 1.807) is 0 Å². The van der Waals surface area contributed by atoms with Crippen molar-refractivity contribution < 1.29 is 4.39 Å². The van der Waals surface area contributed by atoms with Crippen molar-refractivity contribution in [3.05, 3.63) is 69.4 Å². The number of hydrogen-bond acceptors (Lipinski definition) is 1. The van der Waals surface area contributed by atoms with Gasteiger partial charge in [0.05, 0.1) is 4.47 Å². The van der Waals surface area contributed by atoms with Crippen molar-refractivity contribution in [2.75, 3.05) is 0 Å². The molecular formula is C17H19BrFN. The summed E-state index contributed by atoms with van der Waals surface area (Å²) in [5, 5.41) is 3.54. The van der Waals surface area contributed by atoms with E-state index in [1.165, 1.54) is 17.2 Å². The van der Waals surface area contributed by atoms with Crippen molar-refractivity contribution in [2.45, 2.75) is 32.9 Å². The van der Waals surface area contributed by atoms with Gasteiger partial charge >= 0.3 is 0 Å². The second-order valence-corrected chi connectivity index (χ2v) is 6.05. The van der Waals surface area contributed by atoms with E-state index in [-0.39, 0.29) is 17.9 Å². The van der Waals surface area contributed by atoms with E-state index in [0.717, 1.165) is 5.56 Å². The average Bonchev–Trinajstić information content (AvgIpc) is 2.42. The van der Waals surface area contributed by atoms with Gasteiger partial charge in [-0.05, 0) is 60.0 Å². The maximum atomic E-state index is 13.3. The maximum Gasteiger partial charge on any atom is 0.137 e. The number of halogens is 2. The smallest absolute Gasteiger partial charge is 0.137 e. The first-order chi connectivity index (χ1) is 9.47. The Morgan fingerprint density at radius 3 is 2.10 bits per heavy atom. The molecule has 0 amide bonds. The summed E-state index contributed by atoms with van der Waals surface area (Å²) in [5.74, 6) is -0.229. The van der Waals surface area contributed by atoms with Crippen molar-refractivity contribution in [3.8, 4) is 0 Å². The maximum absolute atomic E-state index is 13.3. The third kappa shape index (κ3) is 3.68. The first kappa shape index (κ1) is 15.2. The van der Waals surface area contributed by atoms with Gasteiger partial charge < -0.3 is 5.32 Å². The lowest BCUT2D eigenvalue weighted by molar-refractivity contribution is 0.493. The van der Waals surface area contributed by atoms with Gasteiger partial charge in [0.15, 0.2) is 0 Å². The second-order valence-electron chi connectivity index (χ2n) is 5.19. The SMILES string of the molecule is Cc1ccc([C@H](C)NC(C)c2ccc(F)c(Br)c2)cc1. The molecule has 0 heterocycles. The van der Waals surface area contributed by atoms with Crippen LogP contribution in [0.5, 0.6) is 0 Å². The van der Waals surface area contributed by atoms with Gasteiger partial charge in [0, 0.05) is 12.1 Å². The molecule has 3 heteroatoms. The van der Waals surface area contributed by atoms with Gasteiger partial charge in [-0.15, -0.1) is 0 Å². The van der Waals surface area contributed by atoms with E-state index in [2.05, 4.69) is 66.3 Å². The van der Waals surface area contributed by atoms with Gasteiger partial charge in [-0.3, -0.25) is 0 Å². The zero-order valence-corrected chi connectivity index (χ0v) is 13.5. The lowest BCUT2D eigenvalue weighted by Gasteiger charge is -2.21. The average molecular weight is 336 g/mol. The highest BCUT2D eigenvalue weighted by Gasteiger charge is 2.12. The molecule has 1 unspecified atom stereocenters. The van der Waals surface area contributed by atoms with Crippen molar-refractivity contribution in [1.82, 2.24) is 5.32 Å². The highest BCUT2D eigenvalue weighted by atomic mass is 79.9. The van der Waals surface area contributed by atoms with Gasteiger partial charge in [0.25, 0.3) is 0 Å². The van der Waals surface area contributed by atoms with E-state index in [0.29, 0.717) is 4.47 Å². The highest BCUT2D eigenvalue weighted by Crippen LogP contribution is 2.24. The summed E-state index contributed by atoms with van der Waals surface area (Å²) in [6.45, 7) is 6.31. The van der Waals surface area contributed by atoms with Crippen molar-refractivity contribution in [1.29, 1.82) is 0 Å². The molecule has 2 aromatic rings. The van der Waals surface area contributed by atoms with Crippen LogP contribution in [0.3, 0.4) is 0 Å². The second kappa shape index (κ2) is 6.51. The molecule has 0 aliphatic carbocycles. The van der Waals surface area contributed by atoms with Crippen LogP contribution in [-0.2, 0) is 0 Å². The number of aryl methyl sites for hydroxylation is 1. The molecule has 2 rings (SSSR count). The van der Waals surface area contributed by atoms with Crippen LogP contribution in [0.15, 0.2) is 46.9 Å². The summed E-state index contributed by atoms with van der Waals surface area (Å²) >= 11 is 3.23. The first-order valence-corrected chi connectivity index (χ1v) is 7.54. The summed E-state index contributed by atoms with van der Waals surface area (Å²) in [4.78, 5) is 0. The fourth-order valence-electron chi connectivity index (χ4n) is 2.20. The van der Waals surface area contributed by atoms with E-state index < -0.39 is 0 Å². The van der Waals surface area contributed by atoms with Crippen LogP contribution < -0.4 is 5.32 Å². The van der Waals surface area contributed by atoms with Gasteiger partial charge in [0.1, 0.15) is 5.82 Å². The molecular weight excluding hydrogens is 317 g/mol. The Bertz CT molecular complexity index is 580. The van der Waals surface area contributed by atoms with E-state index in [4.69, 9.17) is 0 Å². The zero-order chi connectivity index (χ0) is 14.7. The van der Waals surface area contributed by atoms with Crippen molar-refractivity contribution in [3.63, 3.8) is 0 Å². The monoisotopic (exact) mass is 335 g/mol. The van der Waals surface area contributed by atoms with Gasteiger partial charge in [-0.2, -0.15) is 0 Å². The molecule has 0 saturated heterocycles. The van der Waals surface area contributed by atoms with E-state index in [9.17, 15) is 4.39 Å². The van der Waals surface area contributed by atoms with E-state index in [1.807, 2.05) is 12.1 Å². The zero-order valence-electron chi connectivity index (χ0n) is 12.0. The summed E-state index contributed by atoms with van der Waals surface area (Å²) in [5.41, 5.74) is 3.58. The van der Waals surface area contributed by atoms with Crippen LogP contribution in [0, 0.1) is 12.7 Å². The Hall–Kier alpha value is -1.19. The normalized spacial score (nSPS) is 14.1. The van der Waals surface area contributed by atoms with Gasteiger partial charge in [-0.1, -0.05) is 35.9 Å². The standard InChI is InChI=1S/C17H19BrFN/c1-11-4-6-14(7-5-11)12(2)20-13(3)15-8-9-17(19)16(18)10-15/h4-10,12-13,20H,1-3H3/t12-,13?/m0/s1. The summed E-state index contributed by atoms with van der Waals surface area (Å²) < 4.78 is 13.8. The Kier molecular flexibility index (Phi) is 4.95. The predicted octanol–water partition coefficient (Wildman–Crippen LogP) is 5.31. The molecule has 0 spiro atoms. The molecule has 20 heavy (non-hydrogen) atoms. The summed E-state index contributed by atoms with van der Waals surface area (Å²) in [6.07, 6.45) is 0. The Morgan fingerprint density at radius 2 is 1.50 bits per heavy atom. The fraction of sp³-hybridized carbons (Fsp3) is 0.294. The molecule has 0 radical (unpaired) electrons. The predicted molar refractivity (Wildman–Crippen MR) is 85.2 cm³/mol. The van der Waals surface area contributed by atoms with Crippen LogP contribution in [0.1, 0.15) is 42.6 Å². The first-order valence-electron chi connectivity index (χ1n) is 6.75. The number of hydrogen-bond donors (Lipinski definition) is 1. The minimum absolute atomic E-state index is 0.156. The van der Waals surface area contributed by atoms with Gasteiger partial charge in [0.2, 0.25) is 0 Å². The molecule has 1 N–H and O–H groups in total. The van der Waals surface area contributed by atoms with Crippen LogP contribution in [0.4, 0.5) is 4.39 Å². The van der Waals surface area contributed by atoms with Crippen LogP contribution in [0.2, 0.25) is 0 Å². The summed E-state index contributed by atoms with van der Waals surface area (Å²) in [6, 6.07) is 14.1. The molecule has 106 valence electrons. The molecule has 1 nitrogen and oxygen atoms in total. The minimum Gasteiger partial charge on any atom is -0.304 e. The molecule has 2 aromatic carbocycles. The van der Waals surface area contributed by atoms with Crippen LogP contribution >= 0.6 is 15.9 Å². The van der Waals surface area contributed by atoms with Crippen molar-refractivity contribution in [2.24, 2.45) is 0 Å². The fourth-order valence-corrected chi connectivity index (χ4v) is 2.60. The molecule has 0 bridgehead atoms. The molecule has 0 aliphatic rings. The largest absolute Gasteiger partial charge is 0.304 e. The number of nitrogens with one attached hydrogen (secondary N) is 1. The Morgan fingerprint density at radius 1 is 0.950 bits per heavy atom. The molecule has 0 aromatic heterocycles. The molecule has 0 fully saturated rings. The lowest BCUT2D eigenvalue weighted by Crippen LogP contribution is -2.22. The van der Waals surface area contributed by atoms with Crippen molar-refractivity contribution >= 4 is 15.9 Å². The quantitative estimate of drug-likeness (QED) is 0.798. The number of benzene rings is 2. The third-order valence-electron chi connectivity index (χ3n) is 3.52. The van der Waals surface area contributed by atoms with Gasteiger partial charge in [-0.25, -0.2) is 4.39 Å². The lowest BCUT2D eigenvalue weighted by atomic mass is 10.0. The third-order valence-corrected chi connectivity index (χ3v) is 4.13. The van der Waals surface area contributed by atoms with Crippen LogP contribution in [0.25, 0.3) is 0 Å². The molecule has 0 saturated carbocycles. The van der Waals surface area contributed by atoms with E-state index >= 15 is 0 Å². The molecule has 0 aliphatic heterocycles. The molecule has 2 atom stereocenters. The van der Waals surface area contributed by atoms with Crippen LogP contribution in [-0.4, -0.2) is 0 Å². The minimum atomic E-state index is -0.229.